The predicted octanol–water partition coefficient (Wildman–Crippen LogP) is 4.31. The normalized spacial score (nSPS) is 16.9. The molecule has 1 aliphatic carbocycles. The van der Waals surface area contributed by atoms with Crippen molar-refractivity contribution >= 4 is 10.0 Å². The molecule has 1 atom stereocenters. The van der Waals surface area contributed by atoms with Crippen molar-refractivity contribution in [2.45, 2.75) is 44.0 Å². The molecule has 5 nitrogen and oxygen atoms in total. The van der Waals surface area contributed by atoms with E-state index < -0.39 is 10.0 Å². The molecule has 6 heteroatoms. The molecule has 0 fully saturated rings. The van der Waals surface area contributed by atoms with Crippen LogP contribution in [0, 0.1) is 13.8 Å². The molecule has 0 radical (unpaired) electrons. The molecule has 1 aromatic heterocycles. The minimum Gasteiger partial charge on any atom is -0.441 e. The van der Waals surface area contributed by atoms with Crippen LogP contribution < -0.4 is 4.72 Å². The van der Waals surface area contributed by atoms with Gasteiger partial charge in [-0.3, -0.25) is 0 Å². The summed E-state index contributed by atoms with van der Waals surface area (Å²) in [5, 5.41) is 0. The Morgan fingerprint density at radius 2 is 1.96 bits per heavy atom. The Labute approximate surface area is 159 Å². The second-order valence-electron chi connectivity index (χ2n) is 6.99. The van der Waals surface area contributed by atoms with Crippen molar-refractivity contribution < 1.29 is 12.8 Å². The first-order valence-corrected chi connectivity index (χ1v) is 10.6. The van der Waals surface area contributed by atoms with Crippen LogP contribution in [0.5, 0.6) is 0 Å². The smallest absolute Gasteiger partial charge is 0.241 e. The molecule has 0 bridgehead atoms. The molecule has 0 saturated carbocycles. The molecular weight excluding hydrogens is 360 g/mol. The lowest BCUT2D eigenvalue weighted by atomic mass is 9.88. The van der Waals surface area contributed by atoms with E-state index in [1.807, 2.05) is 24.3 Å². The first-order chi connectivity index (χ1) is 12.9. The zero-order chi connectivity index (χ0) is 19.0. The van der Waals surface area contributed by atoms with Gasteiger partial charge in [-0.05, 0) is 48.9 Å². The van der Waals surface area contributed by atoms with E-state index >= 15 is 0 Å². The number of benzene rings is 2. The van der Waals surface area contributed by atoms with E-state index in [0.717, 1.165) is 24.8 Å². The molecule has 27 heavy (non-hydrogen) atoms. The molecule has 1 unspecified atom stereocenters. The zero-order valence-electron chi connectivity index (χ0n) is 15.4. The van der Waals surface area contributed by atoms with Crippen LogP contribution in [0.2, 0.25) is 0 Å². The van der Waals surface area contributed by atoms with E-state index in [2.05, 4.69) is 15.8 Å². The van der Waals surface area contributed by atoms with E-state index in [-0.39, 0.29) is 10.9 Å². The molecule has 0 amide bonds. The van der Waals surface area contributed by atoms with Gasteiger partial charge in [0.25, 0.3) is 0 Å². The largest absolute Gasteiger partial charge is 0.441 e. The maximum atomic E-state index is 13.2. The summed E-state index contributed by atoms with van der Waals surface area (Å²) in [6, 6.07) is 13.2. The molecule has 3 aromatic rings. The summed E-state index contributed by atoms with van der Waals surface area (Å²) in [4.78, 5) is 4.37. The number of aryl methyl sites for hydroxylation is 3. The molecule has 4 rings (SSSR count). The van der Waals surface area contributed by atoms with Gasteiger partial charge in [-0.25, -0.2) is 18.1 Å². The number of hydrogen-bond acceptors (Lipinski definition) is 4. The van der Waals surface area contributed by atoms with Crippen LogP contribution >= 0.6 is 0 Å². The highest BCUT2D eigenvalue weighted by Gasteiger charge is 2.27. The predicted molar refractivity (Wildman–Crippen MR) is 104 cm³/mol. The van der Waals surface area contributed by atoms with Gasteiger partial charge in [0.2, 0.25) is 10.0 Å². The molecule has 2 aromatic carbocycles. The second kappa shape index (κ2) is 6.94. The average Bonchev–Trinajstić information content (AvgIpc) is 3.08. The van der Waals surface area contributed by atoms with Crippen LogP contribution in [0.1, 0.15) is 41.5 Å². The quantitative estimate of drug-likeness (QED) is 0.730. The van der Waals surface area contributed by atoms with Gasteiger partial charge >= 0.3 is 0 Å². The van der Waals surface area contributed by atoms with Gasteiger partial charge < -0.3 is 4.42 Å². The van der Waals surface area contributed by atoms with Gasteiger partial charge in [-0.15, -0.1) is 0 Å². The third-order valence-corrected chi connectivity index (χ3v) is 6.66. The lowest BCUT2D eigenvalue weighted by molar-refractivity contribution is 0.507. The maximum Gasteiger partial charge on any atom is 0.241 e. The summed E-state index contributed by atoms with van der Waals surface area (Å²) in [7, 11) is -3.67. The fourth-order valence-corrected chi connectivity index (χ4v) is 5.19. The van der Waals surface area contributed by atoms with Crippen molar-refractivity contribution in [1.82, 2.24) is 9.71 Å². The van der Waals surface area contributed by atoms with Crippen molar-refractivity contribution in [2.24, 2.45) is 0 Å². The number of hydrogen-bond donors (Lipinski definition) is 1. The Kier molecular flexibility index (Phi) is 4.61. The van der Waals surface area contributed by atoms with Gasteiger partial charge in [0.1, 0.15) is 0 Å². The molecule has 1 aliphatic rings. The van der Waals surface area contributed by atoms with Crippen LogP contribution in [0.4, 0.5) is 0 Å². The number of rotatable bonds is 4. The topological polar surface area (TPSA) is 72.2 Å². The average molecular weight is 382 g/mol. The molecule has 140 valence electrons. The number of nitrogens with zero attached hydrogens (tertiary/aromatic N) is 1. The van der Waals surface area contributed by atoms with E-state index in [4.69, 9.17) is 4.42 Å². The van der Waals surface area contributed by atoms with Gasteiger partial charge in [0.05, 0.1) is 11.1 Å². The van der Waals surface area contributed by atoms with Crippen molar-refractivity contribution in [3.05, 3.63) is 71.2 Å². The molecule has 0 spiro atoms. The van der Waals surface area contributed by atoms with Crippen LogP contribution in [0.3, 0.4) is 0 Å². The van der Waals surface area contributed by atoms with Crippen LogP contribution in [0.25, 0.3) is 11.3 Å². The Bertz CT molecular complexity index is 1090. The van der Waals surface area contributed by atoms with Crippen LogP contribution in [0.15, 0.2) is 58.0 Å². The SMILES string of the molecule is Cc1ncc(-c2ccc(C)c(S(=O)(=O)NC3CCCc4ccccc43)c2)o1. The lowest BCUT2D eigenvalue weighted by Gasteiger charge is -2.26. The summed E-state index contributed by atoms with van der Waals surface area (Å²) >= 11 is 0. The zero-order valence-corrected chi connectivity index (χ0v) is 16.2. The minimum atomic E-state index is -3.67. The third-order valence-electron chi connectivity index (χ3n) is 5.05. The third kappa shape index (κ3) is 3.55. The minimum absolute atomic E-state index is 0.199. The number of nitrogens with one attached hydrogen (secondary N) is 1. The maximum absolute atomic E-state index is 13.2. The fourth-order valence-electron chi connectivity index (χ4n) is 3.66. The highest BCUT2D eigenvalue weighted by atomic mass is 32.2. The molecule has 0 saturated heterocycles. The summed E-state index contributed by atoms with van der Waals surface area (Å²) in [6.45, 7) is 3.57. The lowest BCUT2D eigenvalue weighted by Crippen LogP contribution is -2.31. The van der Waals surface area contributed by atoms with E-state index in [9.17, 15) is 8.42 Å². The molecular formula is C21H22N2O3S. The molecule has 1 N–H and O–H groups in total. The Morgan fingerprint density at radius 1 is 1.15 bits per heavy atom. The van der Waals surface area contributed by atoms with Gasteiger partial charge in [-0.2, -0.15) is 0 Å². The van der Waals surface area contributed by atoms with E-state index in [1.54, 1.807) is 32.2 Å². The van der Waals surface area contributed by atoms with Crippen molar-refractivity contribution in [2.75, 3.05) is 0 Å². The highest BCUT2D eigenvalue weighted by molar-refractivity contribution is 7.89. The van der Waals surface area contributed by atoms with Gasteiger partial charge in [-0.1, -0.05) is 36.4 Å². The van der Waals surface area contributed by atoms with Gasteiger partial charge in [0, 0.05) is 18.5 Å². The standard InChI is InChI=1S/C21H22N2O3S/c1-14-10-11-17(20-13-22-15(2)26-20)12-21(14)27(24,25)23-19-9-5-7-16-6-3-4-8-18(16)19/h3-4,6,8,10-13,19,23H,5,7,9H2,1-2H3. The molecule has 0 aliphatic heterocycles. The highest BCUT2D eigenvalue weighted by Crippen LogP contribution is 2.32. The number of aromatic nitrogens is 1. The number of oxazole rings is 1. The van der Waals surface area contributed by atoms with E-state index in [0.29, 0.717) is 22.8 Å². The molecule has 1 heterocycles. The Hall–Kier alpha value is -2.44. The van der Waals surface area contributed by atoms with Crippen LogP contribution in [-0.4, -0.2) is 13.4 Å². The fraction of sp³-hybridized carbons (Fsp3) is 0.286. The Morgan fingerprint density at radius 3 is 2.74 bits per heavy atom. The monoisotopic (exact) mass is 382 g/mol. The summed E-state index contributed by atoms with van der Waals surface area (Å²) in [5.74, 6) is 1.11. The van der Waals surface area contributed by atoms with Crippen molar-refractivity contribution in [1.29, 1.82) is 0 Å². The second-order valence-corrected chi connectivity index (χ2v) is 8.67. The number of sulfonamides is 1. The summed E-state index contributed by atoms with van der Waals surface area (Å²) in [6.07, 6.45) is 4.38. The van der Waals surface area contributed by atoms with E-state index in [1.165, 1.54) is 5.56 Å². The van der Waals surface area contributed by atoms with Gasteiger partial charge in [0.15, 0.2) is 11.7 Å². The Balaban J connectivity index is 1.69. The van der Waals surface area contributed by atoms with Crippen molar-refractivity contribution in [3.8, 4) is 11.3 Å². The van der Waals surface area contributed by atoms with Crippen molar-refractivity contribution in [3.63, 3.8) is 0 Å². The first-order valence-electron chi connectivity index (χ1n) is 9.07. The summed E-state index contributed by atoms with van der Waals surface area (Å²) in [5.41, 5.74) is 3.70. The summed E-state index contributed by atoms with van der Waals surface area (Å²) < 4.78 is 34.8. The first kappa shape index (κ1) is 17.9. The number of fused-ring (bicyclic) bond motifs is 1. The van der Waals surface area contributed by atoms with Crippen LogP contribution in [-0.2, 0) is 16.4 Å².